The van der Waals surface area contributed by atoms with Gasteiger partial charge in [0.15, 0.2) is 17.2 Å². The molecule has 4 saturated carbocycles. The molecule has 4 aliphatic carbocycles. The van der Waals surface area contributed by atoms with E-state index in [4.69, 9.17) is 4.74 Å². The van der Waals surface area contributed by atoms with E-state index in [0.717, 1.165) is 12.8 Å². The van der Waals surface area contributed by atoms with Gasteiger partial charge < -0.3 is 9.84 Å². The number of rotatable bonds is 3. The van der Waals surface area contributed by atoms with E-state index >= 15 is 4.39 Å². The minimum Gasteiger partial charge on any atom is -0.458 e. The monoisotopic (exact) mass is 408 g/mol. The molecule has 0 bridgehead atoms. The number of aliphatic hydroxyl groups excluding tert-OH is 1. The largest absolute Gasteiger partial charge is 0.458 e. The predicted molar refractivity (Wildman–Crippen MR) is 104 cm³/mol. The number of ether oxygens (including phenoxy) is 1. The molecule has 4 rings (SSSR count). The topological polar surface area (TPSA) is 80.7 Å². The first-order valence-corrected chi connectivity index (χ1v) is 11.1. The zero-order valence-electron chi connectivity index (χ0n) is 17.7. The van der Waals surface area contributed by atoms with Crippen LogP contribution in [0.1, 0.15) is 72.1 Å². The molecule has 162 valence electrons. The molecule has 4 aliphatic rings. The summed E-state index contributed by atoms with van der Waals surface area (Å²) in [5, 5.41) is 10.1. The third kappa shape index (κ3) is 2.84. The van der Waals surface area contributed by atoms with Gasteiger partial charge in [-0.3, -0.25) is 14.4 Å². The second kappa shape index (κ2) is 6.86. The maximum Gasteiger partial charge on any atom is 0.303 e. The van der Waals surface area contributed by atoms with E-state index in [9.17, 15) is 19.5 Å². The van der Waals surface area contributed by atoms with Gasteiger partial charge in [0.05, 0.1) is 6.10 Å². The van der Waals surface area contributed by atoms with Crippen molar-refractivity contribution in [1.82, 2.24) is 0 Å². The minimum atomic E-state index is -1.87. The Kier molecular flexibility index (Phi) is 4.96. The molecule has 0 aromatic heterocycles. The standard InChI is InChI=1S/C23H33FO5/c1-13(25)29-12-19(27)18-7-6-16-17-5-4-14-10-15(26)8-9-22(14,3)23(17,24)20(28)11-21(16,18)2/h14-18,26H,4-12H2,1-3H3/t14?,15-,16?,17?,18-,21+,22+,23-/m1/s1. The van der Waals surface area contributed by atoms with Gasteiger partial charge in [-0.2, -0.15) is 0 Å². The van der Waals surface area contributed by atoms with E-state index in [2.05, 4.69) is 0 Å². The van der Waals surface area contributed by atoms with Crippen molar-refractivity contribution in [2.45, 2.75) is 83.9 Å². The number of alkyl halides is 1. The van der Waals surface area contributed by atoms with E-state index < -0.39 is 28.6 Å². The van der Waals surface area contributed by atoms with Crippen molar-refractivity contribution < 1.29 is 28.6 Å². The van der Waals surface area contributed by atoms with Gasteiger partial charge in [-0.05, 0) is 62.2 Å². The highest BCUT2D eigenvalue weighted by molar-refractivity contribution is 5.92. The van der Waals surface area contributed by atoms with Crippen LogP contribution in [0.5, 0.6) is 0 Å². The van der Waals surface area contributed by atoms with E-state index in [0.29, 0.717) is 32.1 Å². The number of carbonyl (C=O) groups excluding carboxylic acids is 3. The van der Waals surface area contributed by atoms with Crippen LogP contribution in [0.2, 0.25) is 0 Å². The smallest absolute Gasteiger partial charge is 0.303 e. The molecule has 8 atom stereocenters. The summed E-state index contributed by atoms with van der Waals surface area (Å²) in [4.78, 5) is 37.3. The Balaban J connectivity index is 1.64. The fourth-order valence-electron chi connectivity index (χ4n) is 7.76. The average molecular weight is 409 g/mol. The summed E-state index contributed by atoms with van der Waals surface area (Å²) in [6.07, 6.45) is 4.17. The van der Waals surface area contributed by atoms with Gasteiger partial charge in [0, 0.05) is 30.6 Å². The average Bonchev–Trinajstić information content (AvgIpc) is 2.98. The second-order valence-corrected chi connectivity index (χ2v) is 10.5. The number of esters is 1. The van der Waals surface area contributed by atoms with Gasteiger partial charge in [0.25, 0.3) is 0 Å². The summed E-state index contributed by atoms with van der Waals surface area (Å²) in [6, 6.07) is 0. The lowest BCUT2D eigenvalue weighted by Gasteiger charge is -2.62. The molecule has 1 N–H and O–H groups in total. The van der Waals surface area contributed by atoms with Crippen LogP contribution in [0.25, 0.3) is 0 Å². The SMILES string of the molecule is CC(=O)OCC(=O)[C@H]1CCC2C3CCC4C[C@H](O)CC[C@]4(C)[C@]3(F)C(=O)C[C@@]21C. The molecule has 5 nitrogen and oxygen atoms in total. The van der Waals surface area contributed by atoms with Crippen LogP contribution in [0, 0.1) is 34.5 Å². The van der Waals surface area contributed by atoms with E-state index in [1.807, 2.05) is 13.8 Å². The van der Waals surface area contributed by atoms with E-state index in [-0.39, 0.29) is 48.3 Å². The summed E-state index contributed by atoms with van der Waals surface area (Å²) < 4.78 is 21.8. The van der Waals surface area contributed by atoms with Crippen LogP contribution in [-0.4, -0.2) is 41.0 Å². The summed E-state index contributed by atoms with van der Waals surface area (Å²) in [6.45, 7) is 4.90. The van der Waals surface area contributed by atoms with Crippen LogP contribution >= 0.6 is 0 Å². The Morgan fingerprint density at radius 3 is 2.52 bits per heavy atom. The molecule has 0 heterocycles. The van der Waals surface area contributed by atoms with Gasteiger partial charge >= 0.3 is 5.97 Å². The summed E-state index contributed by atoms with van der Waals surface area (Å²) in [5.74, 6) is -1.70. The third-order valence-corrected chi connectivity index (χ3v) is 9.27. The number of fused-ring (bicyclic) bond motifs is 5. The fourth-order valence-corrected chi connectivity index (χ4v) is 7.76. The number of halogens is 1. The van der Waals surface area contributed by atoms with Crippen molar-refractivity contribution in [2.24, 2.45) is 34.5 Å². The Bertz CT molecular complexity index is 737. The van der Waals surface area contributed by atoms with Gasteiger partial charge in [-0.1, -0.05) is 13.8 Å². The van der Waals surface area contributed by atoms with E-state index in [1.54, 1.807) is 0 Å². The Morgan fingerprint density at radius 1 is 1.14 bits per heavy atom. The number of ketones is 2. The molecule has 0 aromatic carbocycles. The molecule has 0 amide bonds. The predicted octanol–water partition coefficient (Wildman–Crippen LogP) is 3.41. The van der Waals surface area contributed by atoms with E-state index in [1.165, 1.54) is 6.92 Å². The number of hydrogen-bond donors (Lipinski definition) is 1. The van der Waals surface area contributed by atoms with Crippen molar-refractivity contribution >= 4 is 17.5 Å². The molecular weight excluding hydrogens is 375 g/mol. The molecular formula is C23H33FO5. The molecule has 0 spiro atoms. The molecule has 29 heavy (non-hydrogen) atoms. The first kappa shape index (κ1) is 21.0. The highest BCUT2D eigenvalue weighted by atomic mass is 19.1. The van der Waals surface area contributed by atoms with Gasteiger partial charge in [-0.15, -0.1) is 0 Å². The third-order valence-electron chi connectivity index (χ3n) is 9.27. The van der Waals surface area contributed by atoms with Crippen LogP contribution in [0.4, 0.5) is 4.39 Å². The summed E-state index contributed by atoms with van der Waals surface area (Å²) in [7, 11) is 0. The zero-order chi connectivity index (χ0) is 21.2. The second-order valence-electron chi connectivity index (χ2n) is 10.5. The quantitative estimate of drug-likeness (QED) is 0.724. The highest BCUT2D eigenvalue weighted by Crippen LogP contribution is 2.69. The van der Waals surface area contributed by atoms with Crippen molar-refractivity contribution in [1.29, 1.82) is 0 Å². The van der Waals surface area contributed by atoms with Crippen molar-refractivity contribution in [3.8, 4) is 0 Å². The van der Waals surface area contributed by atoms with Crippen LogP contribution in [0.15, 0.2) is 0 Å². The lowest BCUT2D eigenvalue weighted by atomic mass is 9.42. The number of Topliss-reactive ketones (excluding diaryl/α,β-unsaturated/α-hetero) is 2. The van der Waals surface area contributed by atoms with Crippen LogP contribution in [-0.2, 0) is 19.1 Å². The zero-order valence-corrected chi connectivity index (χ0v) is 17.7. The minimum absolute atomic E-state index is 0.0129. The molecule has 0 aliphatic heterocycles. The first-order valence-electron chi connectivity index (χ1n) is 11.1. The highest BCUT2D eigenvalue weighted by Gasteiger charge is 2.72. The molecule has 0 radical (unpaired) electrons. The maximum absolute atomic E-state index is 16.9. The van der Waals surface area contributed by atoms with Crippen molar-refractivity contribution in [3.63, 3.8) is 0 Å². The van der Waals surface area contributed by atoms with Gasteiger partial charge in [-0.25, -0.2) is 4.39 Å². The molecule has 4 fully saturated rings. The van der Waals surface area contributed by atoms with Gasteiger partial charge in [0.2, 0.25) is 0 Å². The van der Waals surface area contributed by atoms with Crippen molar-refractivity contribution in [2.75, 3.05) is 6.61 Å². The number of aliphatic hydroxyl groups is 1. The normalized spacial score (nSPS) is 49.0. The van der Waals surface area contributed by atoms with Crippen molar-refractivity contribution in [3.05, 3.63) is 0 Å². The molecule has 3 unspecified atom stereocenters. The van der Waals surface area contributed by atoms with Crippen LogP contribution < -0.4 is 0 Å². The van der Waals surface area contributed by atoms with Crippen LogP contribution in [0.3, 0.4) is 0 Å². The summed E-state index contributed by atoms with van der Waals surface area (Å²) in [5.41, 5.74) is -3.16. The van der Waals surface area contributed by atoms with Gasteiger partial charge in [0.1, 0.15) is 6.61 Å². The molecule has 0 aromatic rings. The summed E-state index contributed by atoms with van der Waals surface area (Å²) >= 11 is 0. The number of carbonyl (C=O) groups is 3. The Hall–Kier alpha value is -1.30. The maximum atomic E-state index is 16.9. The fraction of sp³-hybridized carbons (Fsp3) is 0.870. The number of hydrogen-bond acceptors (Lipinski definition) is 5. The first-order chi connectivity index (χ1) is 13.5. The molecule has 6 heteroatoms. The molecule has 0 saturated heterocycles. The Labute approximate surface area is 171 Å². The Morgan fingerprint density at radius 2 is 1.83 bits per heavy atom. The lowest BCUT2D eigenvalue weighted by molar-refractivity contribution is -0.201. The lowest BCUT2D eigenvalue weighted by Crippen LogP contribution is -2.68.